The average molecular weight is 253 g/mol. The van der Waals surface area contributed by atoms with Gasteiger partial charge in [-0.3, -0.25) is 4.79 Å². The average Bonchev–Trinajstić information content (AvgIpc) is 2.35. The molecule has 102 valence electrons. The maximum atomic E-state index is 11.8. The van der Waals surface area contributed by atoms with E-state index in [4.69, 9.17) is 5.11 Å². The highest BCUT2D eigenvalue weighted by Crippen LogP contribution is 2.19. The van der Waals surface area contributed by atoms with Crippen molar-refractivity contribution in [2.75, 3.05) is 0 Å². The second kappa shape index (κ2) is 7.90. The maximum absolute atomic E-state index is 11.8. The minimum atomic E-state index is -0.936. The van der Waals surface area contributed by atoms with Gasteiger partial charge in [0.1, 0.15) is 6.04 Å². The molecule has 0 aliphatic heterocycles. The molecule has 2 N–H and O–H groups in total. The highest BCUT2D eigenvalue weighted by molar-refractivity contribution is 5.84. The van der Waals surface area contributed by atoms with Gasteiger partial charge >= 0.3 is 5.97 Å². The Balaban J connectivity index is 2.40. The zero-order chi connectivity index (χ0) is 13.4. The minimum absolute atomic E-state index is 0.161. The van der Waals surface area contributed by atoms with Gasteiger partial charge in [-0.05, 0) is 32.1 Å². The van der Waals surface area contributed by atoms with Crippen molar-refractivity contribution in [3.63, 3.8) is 0 Å². The molecule has 4 nitrogen and oxygen atoms in total. The molecule has 0 heterocycles. The molecule has 1 atom stereocenters. The van der Waals surface area contributed by atoms with Crippen molar-refractivity contribution in [3.05, 3.63) is 11.6 Å². The second-order valence-corrected chi connectivity index (χ2v) is 4.89. The Morgan fingerprint density at radius 2 is 2.22 bits per heavy atom. The van der Waals surface area contributed by atoms with Crippen LogP contribution in [0, 0.1) is 0 Å². The maximum Gasteiger partial charge on any atom is 0.326 e. The highest BCUT2D eigenvalue weighted by atomic mass is 16.4. The Morgan fingerprint density at radius 3 is 2.78 bits per heavy atom. The summed E-state index contributed by atoms with van der Waals surface area (Å²) in [7, 11) is 0. The minimum Gasteiger partial charge on any atom is -0.480 e. The lowest BCUT2D eigenvalue weighted by atomic mass is 9.97. The summed E-state index contributed by atoms with van der Waals surface area (Å²) in [5.41, 5.74) is 1.15. The van der Waals surface area contributed by atoms with Gasteiger partial charge in [0.2, 0.25) is 5.91 Å². The van der Waals surface area contributed by atoms with Crippen LogP contribution in [0.3, 0.4) is 0 Å². The van der Waals surface area contributed by atoms with Gasteiger partial charge in [0.25, 0.3) is 0 Å². The molecule has 0 saturated carbocycles. The standard InChI is InChI=1S/C14H23NO3/c1-2-3-9-12(14(17)18)15-13(16)10-11-7-5-4-6-8-11/h7,12H,2-6,8-10H2,1H3,(H,15,16)(H,17,18). The smallest absolute Gasteiger partial charge is 0.326 e. The summed E-state index contributed by atoms with van der Waals surface area (Å²) in [6.45, 7) is 2.01. The molecule has 18 heavy (non-hydrogen) atoms. The molecule has 1 aliphatic carbocycles. The molecule has 0 bridgehead atoms. The third kappa shape index (κ3) is 5.34. The van der Waals surface area contributed by atoms with Crippen LogP contribution in [0.1, 0.15) is 58.3 Å². The first-order valence-electron chi connectivity index (χ1n) is 6.83. The van der Waals surface area contributed by atoms with Gasteiger partial charge in [-0.15, -0.1) is 0 Å². The van der Waals surface area contributed by atoms with Crippen molar-refractivity contribution < 1.29 is 14.7 Å². The molecule has 0 saturated heterocycles. The number of hydrogen-bond acceptors (Lipinski definition) is 2. The van der Waals surface area contributed by atoms with Gasteiger partial charge < -0.3 is 10.4 Å². The number of aliphatic carboxylic acids is 1. The van der Waals surface area contributed by atoms with Gasteiger partial charge in [0, 0.05) is 6.42 Å². The number of carboxylic acid groups (broad SMARTS) is 1. The van der Waals surface area contributed by atoms with Crippen molar-refractivity contribution in [2.24, 2.45) is 0 Å². The Bertz CT molecular complexity index is 323. The zero-order valence-electron chi connectivity index (χ0n) is 11.1. The van der Waals surface area contributed by atoms with E-state index in [0.29, 0.717) is 12.8 Å². The van der Waals surface area contributed by atoms with Gasteiger partial charge in [-0.2, -0.15) is 0 Å². The molecule has 0 fully saturated rings. The van der Waals surface area contributed by atoms with Crippen LogP contribution in [0.5, 0.6) is 0 Å². The Labute approximate surface area is 108 Å². The fourth-order valence-electron chi connectivity index (χ4n) is 2.18. The summed E-state index contributed by atoms with van der Waals surface area (Å²) < 4.78 is 0. The zero-order valence-corrected chi connectivity index (χ0v) is 11.1. The van der Waals surface area contributed by atoms with E-state index in [0.717, 1.165) is 37.7 Å². The largest absolute Gasteiger partial charge is 0.480 e. The molecule has 1 aliphatic rings. The lowest BCUT2D eigenvalue weighted by molar-refractivity contribution is -0.142. The number of amides is 1. The highest BCUT2D eigenvalue weighted by Gasteiger charge is 2.19. The molecule has 4 heteroatoms. The topological polar surface area (TPSA) is 66.4 Å². The predicted molar refractivity (Wildman–Crippen MR) is 70.3 cm³/mol. The summed E-state index contributed by atoms with van der Waals surface area (Å²) in [5.74, 6) is -1.10. The number of nitrogens with one attached hydrogen (secondary N) is 1. The summed E-state index contributed by atoms with van der Waals surface area (Å²) >= 11 is 0. The fourth-order valence-corrected chi connectivity index (χ4v) is 2.18. The van der Waals surface area contributed by atoms with Crippen molar-refractivity contribution in [3.8, 4) is 0 Å². The second-order valence-electron chi connectivity index (χ2n) is 4.89. The van der Waals surface area contributed by atoms with E-state index in [2.05, 4.69) is 11.4 Å². The van der Waals surface area contributed by atoms with Crippen LogP contribution in [0.2, 0.25) is 0 Å². The van der Waals surface area contributed by atoms with Crippen LogP contribution in [-0.4, -0.2) is 23.0 Å². The van der Waals surface area contributed by atoms with Crippen LogP contribution in [0.4, 0.5) is 0 Å². The van der Waals surface area contributed by atoms with Crippen LogP contribution >= 0.6 is 0 Å². The van der Waals surface area contributed by atoms with E-state index in [1.807, 2.05) is 6.92 Å². The first-order chi connectivity index (χ1) is 8.63. The van der Waals surface area contributed by atoms with Crippen molar-refractivity contribution >= 4 is 11.9 Å². The number of hydrogen-bond donors (Lipinski definition) is 2. The van der Waals surface area contributed by atoms with Crippen LogP contribution < -0.4 is 5.32 Å². The van der Waals surface area contributed by atoms with Crippen molar-refractivity contribution in [2.45, 2.75) is 64.3 Å². The summed E-state index contributed by atoms with van der Waals surface area (Å²) in [6, 6.07) is -0.735. The quantitative estimate of drug-likeness (QED) is 0.685. The monoisotopic (exact) mass is 253 g/mol. The number of carboxylic acids is 1. The van der Waals surface area contributed by atoms with Gasteiger partial charge in [0.05, 0.1) is 0 Å². The van der Waals surface area contributed by atoms with E-state index in [9.17, 15) is 9.59 Å². The molecule has 0 aromatic carbocycles. The lowest BCUT2D eigenvalue weighted by Crippen LogP contribution is -2.40. The molecular formula is C14H23NO3. The summed E-state index contributed by atoms with van der Waals surface area (Å²) in [6.07, 6.45) is 9.08. The first kappa shape index (κ1) is 14.7. The molecule has 1 rings (SSSR count). The summed E-state index contributed by atoms with van der Waals surface area (Å²) in [5, 5.41) is 11.6. The lowest BCUT2D eigenvalue weighted by Gasteiger charge is -2.16. The van der Waals surface area contributed by atoms with Crippen LogP contribution in [0.25, 0.3) is 0 Å². The molecule has 1 amide bonds. The Morgan fingerprint density at radius 1 is 1.44 bits per heavy atom. The first-order valence-corrected chi connectivity index (χ1v) is 6.83. The molecule has 1 unspecified atom stereocenters. The SMILES string of the molecule is CCCCC(NC(=O)CC1=CCCCC1)C(=O)O. The van der Waals surface area contributed by atoms with Gasteiger partial charge in [-0.1, -0.05) is 31.4 Å². The van der Waals surface area contributed by atoms with E-state index in [1.165, 1.54) is 6.42 Å². The van der Waals surface area contributed by atoms with E-state index in [1.54, 1.807) is 0 Å². The third-order valence-corrected chi connectivity index (χ3v) is 3.25. The predicted octanol–water partition coefficient (Wildman–Crippen LogP) is 2.64. The number of carbonyl (C=O) groups excluding carboxylic acids is 1. The van der Waals surface area contributed by atoms with E-state index < -0.39 is 12.0 Å². The third-order valence-electron chi connectivity index (χ3n) is 3.25. The fraction of sp³-hybridized carbons (Fsp3) is 0.714. The molecule has 0 aromatic heterocycles. The van der Waals surface area contributed by atoms with Crippen molar-refractivity contribution in [1.82, 2.24) is 5.32 Å². The molecule has 0 radical (unpaired) electrons. The van der Waals surface area contributed by atoms with Crippen molar-refractivity contribution in [1.29, 1.82) is 0 Å². The Hall–Kier alpha value is -1.32. The molecule has 0 spiro atoms. The summed E-state index contributed by atoms with van der Waals surface area (Å²) in [4.78, 5) is 22.8. The number of unbranched alkanes of at least 4 members (excludes halogenated alkanes) is 1. The van der Waals surface area contributed by atoms with E-state index in [-0.39, 0.29) is 5.91 Å². The normalized spacial score (nSPS) is 16.8. The number of allylic oxidation sites excluding steroid dienone is 1. The molecule has 0 aromatic rings. The van der Waals surface area contributed by atoms with Gasteiger partial charge in [-0.25, -0.2) is 4.79 Å². The van der Waals surface area contributed by atoms with Gasteiger partial charge in [0.15, 0.2) is 0 Å². The number of rotatable bonds is 7. The van der Waals surface area contributed by atoms with Crippen LogP contribution in [0.15, 0.2) is 11.6 Å². The molecular weight excluding hydrogens is 230 g/mol. The van der Waals surface area contributed by atoms with E-state index >= 15 is 0 Å². The Kier molecular flexibility index (Phi) is 6.47. The van der Waals surface area contributed by atoms with Crippen LogP contribution in [-0.2, 0) is 9.59 Å². The number of carbonyl (C=O) groups is 2.